The van der Waals surface area contributed by atoms with Gasteiger partial charge in [0.1, 0.15) is 11.1 Å². The summed E-state index contributed by atoms with van der Waals surface area (Å²) in [6, 6.07) is 9.64. The Labute approximate surface area is 152 Å². The fourth-order valence-corrected chi connectivity index (χ4v) is 4.16. The fraction of sp³-hybridized carbons (Fsp3) is 0.400. The van der Waals surface area contributed by atoms with E-state index in [0.29, 0.717) is 24.2 Å². The van der Waals surface area contributed by atoms with E-state index in [-0.39, 0.29) is 5.78 Å². The first-order valence-electron chi connectivity index (χ1n) is 8.57. The van der Waals surface area contributed by atoms with E-state index >= 15 is 0 Å². The summed E-state index contributed by atoms with van der Waals surface area (Å²) in [6.07, 6.45) is 4.51. The van der Waals surface area contributed by atoms with E-state index in [1.807, 2.05) is 41.2 Å². The molecule has 1 aliphatic rings. The number of benzene rings is 1. The van der Waals surface area contributed by atoms with Gasteiger partial charge in [-0.25, -0.2) is 0 Å². The molecule has 0 bridgehead atoms. The van der Waals surface area contributed by atoms with Crippen molar-refractivity contribution in [3.63, 3.8) is 0 Å². The van der Waals surface area contributed by atoms with Crippen molar-refractivity contribution >= 4 is 23.5 Å². The summed E-state index contributed by atoms with van der Waals surface area (Å²) in [7, 11) is 0. The Morgan fingerprint density at radius 2 is 1.96 bits per heavy atom. The molecule has 0 radical (unpaired) electrons. The zero-order valence-corrected chi connectivity index (χ0v) is 15.7. The van der Waals surface area contributed by atoms with Crippen molar-refractivity contribution in [1.29, 1.82) is 0 Å². The lowest BCUT2D eigenvalue weighted by atomic mass is 9.86. The molecule has 132 valence electrons. The van der Waals surface area contributed by atoms with Crippen LogP contribution in [0.2, 0.25) is 0 Å². The molecule has 3 rings (SSSR count). The van der Waals surface area contributed by atoms with Crippen LogP contribution in [0.1, 0.15) is 54.0 Å². The number of rotatable bonds is 6. The molecule has 1 aromatic heterocycles. The summed E-state index contributed by atoms with van der Waals surface area (Å²) in [6.45, 7) is 4.44. The maximum absolute atomic E-state index is 13.1. The number of hydrogen-bond donors (Lipinski definition) is 1. The number of aryl methyl sites for hydroxylation is 1. The monoisotopic (exact) mass is 357 g/mol. The summed E-state index contributed by atoms with van der Waals surface area (Å²) in [5.74, 6) is -0.868. The van der Waals surface area contributed by atoms with Crippen LogP contribution >= 0.6 is 11.8 Å². The minimum atomic E-state index is -0.923. The second-order valence-corrected chi connectivity index (χ2v) is 7.61. The van der Waals surface area contributed by atoms with Gasteiger partial charge in [-0.05, 0) is 37.7 Å². The zero-order valence-electron chi connectivity index (χ0n) is 14.8. The lowest BCUT2D eigenvalue weighted by Crippen LogP contribution is -2.29. The molecular weight excluding hydrogens is 334 g/mol. The van der Waals surface area contributed by atoms with E-state index in [1.54, 1.807) is 6.92 Å². The highest BCUT2D eigenvalue weighted by Crippen LogP contribution is 2.41. The maximum Gasteiger partial charge on any atom is 0.315 e. The van der Waals surface area contributed by atoms with Crippen LogP contribution in [-0.4, -0.2) is 27.7 Å². The highest BCUT2D eigenvalue weighted by molar-refractivity contribution is 7.98. The molecule has 1 unspecified atom stereocenters. The first-order valence-corrected chi connectivity index (χ1v) is 9.80. The summed E-state index contributed by atoms with van der Waals surface area (Å²) in [5, 5.41) is 9.62. The number of hydrogen-bond acceptors (Lipinski definition) is 3. The highest BCUT2D eigenvalue weighted by atomic mass is 32.2. The molecule has 2 heterocycles. The van der Waals surface area contributed by atoms with Gasteiger partial charge >= 0.3 is 5.97 Å². The maximum atomic E-state index is 13.1. The molecule has 1 atom stereocenters. The van der Waals surface area contributed by atoms with Crippen molar-refractivity contribution in [1.82, 2.24) is 4.57 Å². The molecule has 2 aromatic rings. The molecule has 5 heteroatoms. The predicted octanol–water partition coefficient (Wildman–Crippen LogP) is 4.14. The number of ketones is 1. The summed E-state index contributed by atoms with van der Waals surface area (Å²) >= 11 is 1.49. The third kappa shape index (κ3) is 2.91. The Morgan fingerprint density at radius 3 is 2.52 bits per heavy atom. The zero-order chi connectivity index (χ0) is 18.2. The van der Waals surface area contributed by atoms with E-state index in [0.717, 1.165) is 23.4 Å². The van der Waals surface area contributed by atoms with Crippen molar-refractivity contribution in [3.05, 3.63) is 52.8 Å². The minimum Gasteiger partial charge on any atom is -0.481 e. The van der Waals surface area contributed by atoms with Crippen LogP contribution in [0.25, 0.3) is 0 Å². The Morgan fingerprint density at radius 1 is 1.28 bits per heavy atom. The van der Waals surface area contributed by atoms with Crippen LogP contribution < -0.4 is 0 Å². The summed E-state index contributed by atoms with van der Waals surface area (Å²) < 4.78 is 1.91. The molecule has 0 aliphatic carbocycles. The smallest absolute Gasteiger partial charge is 0.315 e. The summed E-state index contributed by atoms with van der Waals surface area (Å²) in [4.78, 5) is 25.7. The van der Waals surface area contributed by atoms with Crippen LogP contribution in [0.15, 0.2) is 35.2 Å². The fourth-order valence-electron chi connectivity index (χ4n) is 3.53. The van der Waals surface area contributed by atoms with Crippen molar-refractivity contribution in [3.8, 4) is 0 Å². The average molecular weight is 357 g/mol. The van der Waals surface area contributed by atoms with Crippen LogP contribution in [0, 0.1) is 0 Å². The van der Waals surface area contributed by atoms with Crippen LogP contribution in [0.5, 0.6) is 0 Å². The highest BCUT2D eigenvalue weighted by Gasteiger charge is 2.44. The molecule has 1 aromatic carbocycles. The Balaban J connectivity index is 2.03. The van der Waals surface area contributed by atoms with Crippen LogP contribution in [-0.2, 0) is 23.2 Å². The lowest BCUT2D eigenvalue weighted by Gasteiger charge is -2.16. The van der Waals surface area contributed by atoms with Crippen molar-refractivity contribution in [2.75, 3.05) is 6.26 Å². The van der Waals surface area contributed by atoms with E-state index in [9.17, 15) is 14.7 Å². The number of carbonyl (C=O) groups excluding carboxylic acids is 1. The molecule has 25 heavy (non-hydrogen) atoms. The van der Waals surface area contributed by atoms with Crippen molar-refractivity contribution < 1.29 is 14.7 Å². The van der Waals surface area contributed by atoms with Gasteiger partial charge in [-0.15, -0.1) is 11.8 Å². The van der Waals surface area contributed by atoms with Gasteiger partial charge in [0.25, 0.3) is 0 Å². The SMILES string of the molecule is CCCc1ccc(C(=O)c2c(SC)cc3n2CCC3(C)C(=O)O)cc1. The van der Waals surface area contributed by atoms with Gasteiger partial charge in [-0.1, -0.05) is 37.6 Å². The normalized spacial score (nSPS) is 19.0. The van der Waals surface area contributed by atoms with Gasteiger partial charge in [-0.2, -0.15) is 0 Å². The van der Waals surface area contributed by atoms with Crippen molar-refractivity contribution in [2.24, 2.45) is 0 Å². The third-order valence-corrected chi connectivity index (χ3v) is 5.88. The molecule has 0 spiro atoms. The first-order chi connectivity index (χ1) is 11.9. The Hall–Kier alpha value is -2.01. The van der Waals surface area contributed by atoms with Crippen molar-refractivity contribution in [2.45, 2.75) is 50.0 Å². The van der Waals surface area contributed by atoms with Crippen LogP contribution in [0.4, 0.5) is 0 Å². The Bertz CT molecular complexity index is 822. The lowest BCUT2D eigenvalue weighted by molar-refractivity contribution is -0.143. The number of carboxylic acids is 1. The number of aliphatic carboxylic acids is 1. The molecule has 4 nitrogen and oxygen atoms in total. The number of carbonyl (C=O) groups is 2. The topological polar surface area (TPSA) is 59.3 Å². The molecule has 1 aliphatic heterocycles. The molecule has 1 N–H and O–H groups in total. The standard InChI is InChI=1S/C20H23NO3S/c1-4-5-13-6-8-14(9-7-13)18(22)17-15(25-3)12-16-20(2,19(23)24)10-11-21(16)17/h6-9,12H,4-5,10-11H2,1-3H3,(H,23,24). The quantitative estimate of drug-likeness (QED) is 0.623. The number of nitrogens with zero attached hydrogens (tertiary/aromatic N) is 1. The molecule has 0 saturated heterocycles. The second kappa shape index (κ2) is 6.71. The van der Waals surface area contributed by atoms with Gasteiger partial charge in [0.15, 0.2) is 0 Å². The number of aromatic nitrogens is 1. The number of carboxylic acid groups (broad SMARTS) is 1. The van der Waals surface area contributed by atoms with Gasteiger partial charge < -0.3 is 9.67 Å². The second-order valence-electron chi connectivity index (χ2n) is 6.76. The molecule has 0 amide bonds. The number of thioether (sulfide) groups is 1. The largest absolute Gasteiger partial charge is 0.481 e. The van der Waals surface area contributed by atoms with Gasteiger partial charge in [0, 0.05) is 22.7 Å². The van der Waals surface area contributed by atoms with Gasteiger partial charge in [-0.3, -0.25) is 9.59 Å². The van der Waals surface area contributed by atoms with Crippen LogP contribution in [0.3, 0.4) is 0 Å². The average Bonchev–Trinajstić information content (AvgIpc) is 3.13. The number of fused-ring (bicyclic) bond motifs is 1. The first kappa shape index (κ1) is 17.8. The predicted molar refractivity (Wildman–Crippen MR) is 99.7 cm³/mol. The third-order valence-electron chi connectivity index (χ3n) is 5.12. The molecular formula is C20H23NO3S. The van der Waals surface area contributed by atoms with E-state index in [2.05, 4.69) is 6.92 Å². The van der Waals surface area contributed by atoms with E-state index in [4.69, 9.17) is 0 Å². The Kier molecular flexibility index (Phi) is 4.78. The molecule has 0 saturated carbocycles. The summed E-state index contributed by atoms with van der Waals surface area (Å²) in [5.41, 5.74) is 2.31. The van der Waals surface area contributed by atoms with E-state index < -0.39 is 11.4 Å². The van der Waals surface area contributed by atoms with Gasteiger partial charge in [0.2, 0.25) is 5.78 Å². The van der Waals surface area contributed by atoms with Gasteiger partial charge in [0.05, 0.1) is 0 Å². The molecule has 0 fully saturated rings. The van der Waals surface area contributed by atoms with E-state index in [1.165, 1.54) is 17.3 Å². The minimum absolute atomic E-state index is 0.0340.